The van der Waals surface area contributed by atoms with Crippen molar-refractivity contribution in [2.75, 3.05) is 52.4 Å². The van der Waals surface area contributed by atoms with Crippen LogP contribution in [0.15, 0.2) is 36.4 Å². The number of fused-ring (bicyclic) bond motifs is 1. The zero-order chi connectivity index (χ0) is 27.1. The number of carbonyl (C=O) groups excluding carboxylic acids is 1. The molecule has 8 nitrogen and oxygen atoms in total. The maximum Gasteiger partial charge on any atom is 0.259 e. The largest absolute Gasteiger partial charge is 0.495 e. The number of anilines is 1. The molecule has 206 valence electrons. The van der Waals surface area contributed by atoms with Crippen molar-refractivity contribution in [3.63, 3.8) is 0 Å². The van der Waals surface area contributed by atoms with E-state index in [0.717, 1.165) is 38.0 Å². The van der Waals surface area contributed by atoms with Gasteiger partial charge in [-0.1, -0.05) is 0 Å². The highest BCUT2D eigenvalue weighted by Gasteiger charge is 2.27. The first-order chi connectivity index (χ1) is 18.3. The second-order valence-electron chi connectivity index (χ2n) is 10.4. The molecule has 0 radical (unpaired) electrons. The van der Waals surface area contributed by atoms with Crippen molar-refractivity contribution < 1.29 is 28.8 Å². The average Bonchev–Trinajstić information content (AvgIpc) is 2.91. The van der Waals surface area contributed by atoms with Crippen LogP contribution in [-0.4, -0.2) is 68.6 Å². The van der Waals surface area contributed by atoms with E-state index in [4.69, 9.17) is 24.1 Å². The normalized spacial score (nSPS) is 16.9. The van der Waals surface area contributed by atoms with Gasteiger partial charge in [-0.05, 0) is 95.0 Å². The molecule has 0 unspecified atom stereocenters. The fraction of sp³-hybridized carbons (Fsp3) is 0.500. The van der Waals surface area contributed by atoms with E-state index < -0.39 is 5.60 Å². The molecule has 0 atom stereocenters. The molecule has 2 aromatic rings. The quantitative estimate of drug-likeness (QED) is 0.400. The molecule has 1 fully saturated rings. The number of β-amino-alcohol motifs (C(OH)–C–C–N with tert-alkyl or cyclic N) is 1. The van der Waals surface area contributed by atoms with Crippen molar-refractivity contribution in [3.05, 3.63) is 47.5 Å². The molecule has 1 amide bonds. The van der Waals surface area contributed by atoms with Crippen molar-refractivity contribution in [3.8, 4) is 23.0 Å². The Balaban J connectivity index is 1.33. The molecule has 38 heavy (non-hydrogen) atoms. The average molecular weight is 525 g/mol. The molecule has 2 aromatic carbocycles. The molecule has 2 N–H and O–H groups in total. The number of likely N-dealkylation sites (tertiary alicyclic amines) is 1. The summed E-state index contributed by atoms with van der Waals surface area (Å²) < 4.78 is 23.2. The number of methoxy groups -OCH3 is 2. The number of amides is 1. The summed E-state index contributed by atoms with van der Waals surface area (Å²) in [4.78, 5) is 15.5. The predicted octanol–water partition coefficient (Wildman–Crippen LogP) is 5.00. The number of ether oxygens (including phenoxy) is 4. The SMILES string of the molecule is COc1cc(NC(=O)c2ccc3c(c2OC)C=CC(C)(C)O3)ccc1OCCCC1CCN(CCO)CC1. The molecule has 0 bridgehead atoms. The van der Waals surface area contributed by atoms with E-state index in [0.29, 0.717) is 46.8 Å². The lowest BCUT2D eigenvalue weighted by Crippen LogP contribution is -2.35. The van der Waals surface area contributed by atoms with Gasteiger partial charge in [0.05, 0.1) is 38.6 Å². The molecule has 2 aliphatic heterocycles. The van der Waals surface area contributed by atoms with E-state index in [1.54, 1.807) is 32.4 Å². The molecule has 0 aromatic heterocycles. The van der Waals surface area contributed by atoms with Crippen molar-refractivity contribution in [2.45, 2.75) is 45.1 Å². The Morgan fingerprint density at radius 3 is 2.63 bits per heavy atom. The molecule has 2 aliphatic rings. The van der Waals surface area contributed by atoms with Crippen LogP contribution in [0.4, 0.5) is 5.69 Å². The van der Waals surface area contributed by atoms with E-state index in [1.807, 2.05) is 38.1 Å². The minimum Gasteiger partial charge on any atom is -0.495 e. The number of aliphatic hydroxyl groups excluding tert-OH is 1. The number of aliphatic hydroxyl groups is 1. The summed E-state index contributed by atoms with van der Waals surface area (Å²) >= 11 is 0. The van der Waals surface area contributed by atoms with E-state index in [9.17, 15) is 4.79 Å². The monoisotopic (exact) mass is 524 g/mol. The van der Waals surface area contributed by atoms with Gasteiger partial charge in [-0.25, -0.2) is 0 Å². The summed E-state index contributed by atoms with van der Waals surface area (Å²) in [6.45, 7) is 7.70. The Morgan fingerprint density at radius 2 is 1.92 bits per heavy atom. The number of hydrogen-bond donors (Lipinski definition) is 2. The summed E-state index contributed by atoms with van der Waals surface area (Å²) in [5.41, 5.74) is 1.35. The van der Waals surface area contributed by atoms with Gasteiger partial charge >= 0.3 is 0 Å². The zero-order valence-corrected chi connectivity index (χ0v) is 22.9. The topological polar surface area (TPSA) is 89.5 Å². The van der Waals surface area contributed by atoms with E-state index in [2.05, 4.69) is 10.2 Å². The van der Waals surface area contributed by atoms with Crippen molar-refractivity contribution >= 4 is 17.7 Å². The number of nitrogens with one attached hydrogen (secondary N) is 1. The van der Waals surface area contributed by atoms with Gasteiger partial charge in [0.1, 0.15) is 17.1 Å². The molecular formula is C30H40N2O6. The lowest BCUT2D eigenvalue weighted by Gasteiger charge is -2.31. The Hall–Kier alpha value is -3.23. The van der Waals surface area contributed by atoms with Crippen LogP contribution < -0.4 is 24.3 Å². The van der Waals surface area contributed by atoms with Crippen molar-refractivity contribution in [2.24, 2.45) is 5.92 Å². The van der Waals surface area contributed by atoms with Crippen LogP contribution in [0.2, 0.25) is 0 Å². The van der Waals surface area contributed by atoms with Gasteiger partial charge in [0.25, 0.3) is 5.91 Å². The molecule has 1 saturated heterocycles. The minimum absolute atomic E-state index is 0.233. The van der Waals surface area contributed by atoms with Crippen LogP contribution in [0, 0.1) is 5.92 Å². The molecule has 0 saturated carbocycles. The van der Waals surface area contributed by atoms with Crippen LogP contribution in [0.25, 0.3) is 6.08 Å². The maximum atomic E-state index is 13.2. The summed E-state index contributed by atoms with van der Waals surface area (Å²) in [5, 5.41) is 12.0. The smallest absolute Gasteiger partial charge is 0.259 e. The Bertz CT molecular complexity index is 1140. The van der Waals surface area contributed by atoms with E-state index in [1.165, 1.54) is 12.8 Å². The fourth-order valence-electron chi connectivity index (χ4n) is 5.09. The van der Waals surface area contributed by atoms with Crippen molar-refractivity contribution in [1.82, 2.24) is 4.90 Å². The van der Waals surface area contributed by atoms with Gasteiger partial charge in [-0.3, -0.25) is 4.79 Å². The number of nitrogens with zero attached hydrogens (tertiary/aromatic N) is 1. The summed E-state index contributed by atoms with van der Waals surface area (Å²) in [6, 6.07) is 8.91. The molecule has 8 heteroatoms. The molecule has 0 spiro atoms. The highest BCUT2D eigenvalue weighted by atomic mass is 16.5. The van der Waals surface area contributed by atoms with Gasteiger partial charge in [-0.2, -0.15) is 0 Å². The predicted molar refractivity (Wildman–Crippen MR) is 149 cm³/mol. The van der Waals surface area contributed by atoms with E-state index in [-0.39, 0.29) is 12.5 Å². The third-order valence-electron chi connectivity index (χ3n) is 7.19. The second kappa shape index (κ2) is 12.5. The number of hydrogen-bond acceptors (Lipinski definition) is 7. The highest BCUT2D eigenvalue weighted by Crippen LogP contribution is 2.39. The Morgan fingerprint density at radius 1 is 1.13 bits per heavy atom. The van der Waals surface area contributed by atoms with Gasteiger partial charge < -0.3 is 34.3 Å². The number of rotatable bonds is 11. The highest BCUT2D eigenvalue weighted by molar-refractivity contribution is 6.07. The third kappa shape index (κ3) is 6.79. The molecular weight excluding hydrogens is 484 g/mol. The van der Waals surface area contributed by atoms with Crippen LogP contribution in [0.1, 0.15) is 55.5 Å². The lowest BCUT2D eigenvalue weighted by atomic mass is 9.92. The first kappa shape index (κ1) is 27.8. The van der Waals surface area contributed by atoms with Gasteiger partial charge in [0, 0.05) is 18.3 Å². The van der Waals surface area contributed by atoms with Crippen LogP contribution in [0.5, 0.6) is 23.0 Å². The maximum absolute atomic E-state index is 13.2. The van der Waals surface area contributed by atoms with Crippen LogP contribution in [-0.2, 0) is 0 Å². The first-order valence-electron chi connectivity index (χ1n) is 13.4. The molecule has 4 rings (SSSR count). The second-order valence-corrected chi connectivity index (χ2v) is 10.4. The molecule has 0 aliphatic carbocycles. The van der Waals surface area contributed by atoms with Gasteiger partial charge in [0.2, 0.25) is 0 Å². The Kier molecular flexibility index (Phi) is 9.17. The minimum atomic E-state index is -0.416. The summed E-state index contributed by atoms with van der Waals surface area (Å²) in [6.07, 6.45) is 8.33. The summed E-state index contributed by atoms with van der Waals surface area (Å²) in [7, 11) is 3.14. The Labute approximate surface area is 225 Å². The fourth-order valence-corrected chi connectivity index (χ4v) is 5.09. The number of benzene rings is 2. The zero-order valence-electron chi connectivity index (χ0n) is 22.9. The lowest BCUT2D eigenvalue weighted by molar-refractivity contribution is 0.102. The van der Waals surface area contributed by atoms with E-state index >= 15 is 0 Å². The van der Waals surface area contributed by atoms with Crippen LogP contribution in [0.3, 0.4) is 0 Å². The van der Waals surface area contributed by atoms with Crippen molar-refractivity contribution in [1.29, 1.82) is 0 Å². The molecule has 2 heterocycles. The van der Waals surface area contributed by atoms with Gasteiger partial charge in [0.15, 0.2) is 11.5 Å². The first-order valence-corrected chi connectivity index (χ1v) is 13.4. The summed E-state index contributed by atoms with van der Waals surface area (Å²) in [5.74, 6) is 2.79. The van der Waals surface area contributed by atoms with Crippen LogP contribution >= 0.6 is 0 Å². The standard InChI is InChI=1S/C30H40N2O6/c1-30(2)14-11-23-25(38-30)10-8-24(28(23)36-4)29(34)31-22-7-9-26(27(20-22)35-3)37-19-5-6-21-12-15-32(16-13-21)17-18-33/h7-11,14,20-21,33H,5-6,12-13,15-19H2,1-4H3,(H,31,34). The number of piperidine rings is 1. The van der Waals surface area contributed by atoms with Gasteiger partial charge in [-0.15, -0.1) is 0 Å². The third-order valence-corrected chi connectivity index (χ3v) is 7.19. The number of carbonyl (C=O) groups is 1.